The van der Waals surface area contributed by atoms with Crippen LogP contribution >= 0.6 is 11.3 Å². The van der Waals surface area contributed by atoms with Crippen molar-refractivity contribution >= 4 is 21.6 Å². The molecule has 1 aliphatic heterocycles. The van der Waals surface area contributed by atoms with Crippen LogP contribution in [0.15, 0.2) is 23.0 Å². The normalized spacial score (nSPS) is 20.6. The number of piperidine rings is 1. The number of rotatable bonds is 3. The largest absolute Gasteiger partial charge is 0.330 e. The van der Waals surface area contributed by atoms with Crippen LogP contribution in [0.4, 0.5) is 0 Å². The van der Waals surface area contributed by atoms with Gasteiger partial charge in [0.15, 0.2) is 0 Å². The Bertz CT molecular complexity index is 661. The third kappa shape index (κ3) is 2.66. The molecule has 1 saturated heterocycles. The maximum absolute atomic E-state index is 11.7. The molecule has 1 aliphatic rings. The van der Waals surface area contributed by atoms with E-state index >= 15 is 0 Å². The molecule has 0 bridgehead atoms. The van der Waals surface area contributed by atoms with E-state index in [1.807, 2.05) is 7.05 Å². The Morgan fingerprint density at radius 2 is 2.30 bits per heavy atom. The third-order valence-electron chi connectivity index (χ3n) is 4.20. The van der Waals surface area contributed by atoms with E-state index in [1.54, 1.807) is 4.57 Å². The lowest BCUT2D eigenvalue weighted by molar-refractivity contribution is 0.171. The van der Waals surface area contributed by atoms with Crippen molar-refractivity contribution < 1.29 is 0 Å². The van der Waals surface area contributed by atoms with Gasteiger partial charge in [-0.15, -0.1) is 0 Å². The molecule has 20 heavy (non-hydrogen) atoms. The third-order valence-corrected chi connectivity index (χ3v) is 5.19. The number of thiazole rings is 1. The number of benzene rings is 1. The van der Waals surface area contributed by atoms with Gasteiger partial charge in [0, 0.05) is 20.1 Å². The number of fused-ring (bicyclic) bond motifs is 1. The summed E-state index contributed by atoms with van der Waals surface area (Å²) in [7, 11) is 1.83. The predicted molar refractivity (Wildman–Crippen MR) is 84.1 cm³/mol. The van der Waals surface area contributed by atoms with E-state index in [0.29, 0.717) is 5.92 Å². The fourth-order valence-corrected chi connectivity index (χ4v) is 3.97. The summed E-state index contributed by atoms with van der Waals surface area (Å²) in [6, 6.07) is 6.36. The van der Waals surface area contributed by atoms with Crippen LogP contribution < -0.4 is 10.6 Å². The van der Waals surface area contributed by atoms with Crippen LogP contribution in [0, 0.1) is 5.92 Å². The highest BCUT2D eigenvalue weighted by atomic mass is 32.1. The highest BCUT2D eigenvalue weighted by Crippen LogP contribution is 2.21. The minimum Gasteiger partial charge on any atom is -0.330 e. The molecule has 4 nitrogen and oxygen atoms in total. The van der Waals surface area contributed by atoms with Gasteiger partial charge in [0.05, 0.1) is 10.2 Å². The average Bonchev–Trinajstić information content (AvgIpc) is 2.74. The molecule has 1 unspecified atom stereocenters. The lowest BCUT2D eigenvalue weighted by Gasteiger charge is -2.32. The Balaban J connectivity index is 1.79. The first-order valence-corrected chi connectivity index (χ1v) is 8.00. The highest BCUT2D eigenvalue weighted by molar-refractivity contribution is 7.16. The van der Waals surface area contributed by atoms with Gasteiger partial charge >= 0.3 is 4.87 Å². The van der Waals surface area contributed by atoms with Crippen molar-refractivity contribution in [1.82, 2.24) is 9.47 Å². The fourth-order valence-electron chi connectivity index (χ4n) is 3.02. The van der Waals surface area contributed by atoms with Crippen molar-refractivity contribution in [2.24, 2.45) is 18.7 Å². The number of likely N-dealkylation sites (tertiary alicyclic amines) is 1. The number of nitrogens with zero attached hydrogens (tertiary/aromatic N) is 2. The van der Waals surface area contributed by atoms with Crippen LogP contribution in [0.2, 0.25) is 0 Å². The highest BCUT2D eigenvalue weighted by Gasteiger charge is 2.18. The molecule has 108 valence electrons. The Kier molecular flexibility index (Phi) is 3.92. The first-order valence-electron chi connectivity index (χ1n) is 7.18. The lowest BCUT2D eigenvalue weighted by Crippen LogP contribution is -2.37. The Labute approximate surface area is 122 Å². The van der Waals surface area contributed by atoms with E-state index in [2.05, 4.69) is 23.1 Å². The molecule has 1 atom stereocenters. The smallest absolute Gasteiger partial charge is 0.307 e. The Hall–Kier alpha value is -1.17. The molecule has 1 aromatic heterocycles. The zero-order valence-corrected chi connectivity index (χ0v) is 12.7. The second kappa shape index (κ2) is 5.68. The van der Waals surface area contributed by atoms with Gasteiger partial charge in [0.1, 0.15) is 0 Å². The summed E-state index contributed by atoms with van der Waals surface area (Å²) in [6.07, 6.45) is 2.50. The van der Waals surface area contributed by atoms with Gasteiger partial charge in [-0.25, -0.2) is 0 Å². The molecule has 2 heterocycles. The molecule has 1 fully saturated rings. The number of aromatic nitrogens is 1. The fraction of sp³-hybridized carbons (Fsp3) is 0.533. The minimum atomic E-state index is 0.110. The number of hydrogen-bond donors (Lipinski definition) is 1. The summed E-state index contributed by atoms with van der Waals surface area (Å²) in [5.41, 5.74) is 8.11. The molecule has 0 spiro atoms. The zero-order valence-electron chi connectivity index (χ0n) is 11.8. The van der Waals surface area contributed by atoms with E-state index in [-0.39, 0.29) is 4.87 Å². The standard InChI is InChI=1S/C15H21N3OS/c1-17-13-5-4-11(7-14(13)20-15(17)19)9-18-6-2-3-12(8-16)10-18/h4-5,7,12H,2-3,6,8-10,16H2,1H3. The van der Waals surface area contributed by atoms with Gasteiger partial charge in [-0.05, 0) is 49.5 Å². The molecule has 0 aliphatic carbocycles. The SMILES string of the molecule is Cn1c(=O)sc2cc(CN3CCCC(CN)C3)ccc21. The van der Waals surface area contributed by atoms with Crippen LogP contribution in [-0.2, 0) is 13.6 Å². The van der Waals surface area contributed by atoms with E-state index in [1.165, 1.54) is 29.7 Å². The lowest BCUT2D eigenvalue weighted by atomic mass is 9.98. The van der Waals surface area contributed by atoms with Gasteiger partial charge in [-0.2, -0.15) is 0 Å². The first kappa shape index (κ1) is 13.8. The van der Waals surface area contributed by atoms with Crippen molar-refractivity contribution in [3.8, 4) is 0 Å². The second-order valence-corrected chi connectivity index (χ2v) is 6.70. The van der Waals surface area contributed by atoms with Gasteiger partial charge in [-0.3, -0.25) is 9.69 Å². The van der Waals surface area contributed by atoms with Crippen molar-refractivity contribution in [2.75, 3.05) is 19.6 Å². The van der Waals surface area contributed by atoms with Crippen molar-refractivity contribution in [2.45, 2.75) is 19.4 Å². The second-order valence-electron chi connectivity index (χ2n) is 5.71. The molecule has 2 N–H and O–H groups in total. The molecular weight excluding hydrogens is 270 g/mol. The van der Waals surface area contributed by atoms with Crippen LogP contribution in [0.5, 0.6) is 0 Å². The van der Waals surface area contributed by atoms with E-state index in [0.717, 1.165) is 36.4 Å². The molecular formula is C15H21N3OS. The Morgan fingerprint density at radius 1 is 1.45 bits per heavy atom. The summed E-state index contributed by atoms with van der Waals surface area (Å²) in [5, 5.41) is 0. The van der Waals surface area contributed by atoms with Crippen molar-refractivity contribution in [1.29, 1.82) is 0 Å². The number of hydrogen-bond acceptors (Lipinski definition) is 4. The van der Waals surface area contributed by atoms with Crippen LogP contribution in [0.1, 0.15) is 18.4 Å². The maximum Gasteiger partial charge on any atom is 0.307 e. The van der Waals surface area contributed by atoms with Crippen molar-refractivity contribution in [3.63, 3.8) is 0 Å². The molecule has 2 aromatic rings. The quantitative estimate of drug-likeness (QED) is 0.937. The Morgan fingerprint density at radius 3 is 3.10 bits per heavy atom. The molecule has 0 radical (unpaired) electrons. The maximum atomic E-state index is 11.7. The van der Waals surface area contributed by atoms with Gasteiger partial charge in [0.2, 0.25) is 0 Å². The van der Waals surface area contributed by atoms with Gasteiger partial charge < -0.3 is 10.3 Å². The van der Waals surface area contributed by atoms with Gasteiger partial charge in [-0.1, -0.05) is 17.4 Å². The van der Waals surface area contributed by atoms with E-state index in [9.17, 15) is 4.79 Å². The summed E-state index contributed by atoms with van der Waals surface area (Å²) in [5.74, 6) is 0.639. The molecule has 3 rings (SSSR count). The zero-order chi connectivity index (χ0) is 14.1. The van der Waals surface area contributed by atoms with Crippen molar-refractivity contribution in [3.05, 3.63) is 33.4 Å². The molecule has 1 aromatic carbocycles. The minimum absolute atomic E-state index is 0.110. The van der Waals surface area contributed by atoms with Crippen LogP contribution in [0.25, 0.3) is 10.2 Å². The number of nitrogens with two attached hydrogens (primary N) is 1. The topological polar surface area (TPSA) is 51.3 Å². The van der Waals surface area contributed by atoms with Gasteiger partial charge in [0.25, 0.3) is 0 Å². The van der Waals surface area contributed by atoms with E-state index in [4.69, 9.17) is 5.73 Å². The van der Waals surface area contributed by atoms with Crippen LogP contribution in [0.3, 0.4) is 0 Å². The van der Waals surface area contributed by atoms with E-state index < -0.39 is 0 Å². The van der Waals surface area contributed by atoms with Crippen LogP contribution in [-0.4, -0.2) is 29.1 Å². The summed E-state index contributed by atoms with van der Waals surface area (Å²) >= 11 is 1.33. The molecule has 0 amide bonds. The summed E-state index contributed by atoms with van der Waals surface area (Å²) in [4.78, 5) is 14.3. The predicted octanol–water partition coefficient (Wildman–Crippen LogP) is 1.77. The first-order chi connectivity index (χ1) is 9.67. The average molecular weight is 291 g/mol. The number of aryl methyl sites for hydroxylation is 1. The summed E-state index contributed by atoms with van der Waals surface area (Å²) in [6.45, 7) is 4.00. The summed E-state index contributed by atoms with van der Waals surface area (Å²) < 4.78 is 2.80. The molecule has 0 saturated carbocycles. The monoisotopic (exact) mass is 291 g/mol. The molecule has 5 heteroatoms.